The summed E-state index contributed by atoms with van der Waals surface area (Å²) in [5.74, 6) is -0.498. The van der Waals surface area contributed by atoms with Gasteiger partial charge in [0.1, 0.15) is 5.75 Å². The van der Waals surface area contributed by atoms with Crippen LogP contribution in [0.5, 0.6) is 5.75 Å². The molecule has 0 aliphatic heterocycles. The predicted molar refractivity (Wildman–Crippen MR) is 67.6 cm³/mol. The molecule has 18 heavy (non-hydrogen) atoms. The second kappa shape index (κ2) is 6.98. The zero-order valence-corrected chi connectivity index (χ0v) is 9.91. The molecule has 6 nitrogen and oxygen atoms in total. The Morgan fingerprint density at radius 2 is 2.39 bits per heavy atom. The number of carboxylic acid groups (broad SMARTS) is 1. The van der Waals surface area contributed by atoms with E-state index in [0.717, 1.165) is 5.56 Å². The van der Waals surface area contributed by atoms with E-state index in [0.29, 0.717) is 18.7 Å². The topological polar surface area (TPSA) is 95.3 Å². The number of azide groups is 1. The van der Waals surface area contributed by atoms with Gasteiger partial charge in [-0.3, -0.25) is 0 Å². The molecule has 0 aromatic heterocycles. The van der Waals surface area contributed by atoms with E-state index in [2.05, 4.69) is 10.0 Å². The molecule has 0 atom stereocenters. The number of methoxy groups -OCH3 is 1. The Hall–Kier alpha value is -2.46. The largest absolute Gasteiger partial charge is 0.496 e. The molecule has 1 aromatic carbocycles. The third kappa shape index (κ3) is 3.84. The zero-order chi connectivity index (χ0) is 13.4. The first-order valence-corrected chi connectivity index (χ1v) is 5.27. The number of benzene rings is 1. The van der Waals surface area contributed by atoms with Gasteiger partial charge >= 0.3 is 5.97 Å². The van der Waals surface area contributed by atoms with Gasteiger partial charge in [-0.1, -0.05) is 23.3 Å². The van der Waals surface area contributed by atoms with Gasteiger partial charge in [-0.2, -0.15) is 0 Å². The number of carbonyl (C=O) groups is 1. The molecule has 0 fully saturated rings. The van der Waals surface area contributed by atoms with Crippen molar-refractivity contribution in [3.8, 4) is 5.75 Å². The van der Waals surface area contributed by atoms with Crippen molar-refractivity contribution in [2.24, 2.45) is 5.11 Å². The first kappa shape index (κ1) is 13.6. The second-order valence-electron chi connectivity index (χ2n) is 3.41. The molecule has 1 N–H and O–H groups in total. The average Bonchev–Trinajstić information content (AvgIpc) is 2.38. The average molecular weight is 247 g/mol. The number of hydrogen-bond donors (Lipinski definition) is 1. The van der Waals surface area contributed by atoms with Crippen molar-refractivity contribution in [1.82, 2.24) is 0 Å². The fourth-order valence-corrected chi connectivity index (χ4v) is 1.37. The highest BCUT2D eigenvalue weighted by Crippen LogP contribution is 2.21. The smallest absolute Gasteiger partial charge is 0.335 e. The van der Waals surface area contributed by atoms with E-state index in [4.69, 9.17) is 15.4 Å². The molecule has 0 heterocycles. The normalized spacial score (nSPS) is 10.1. The Morgan fingerprint density at radius 1 is 1.61 bits per heavy atom. The summed E-state index contributed by atoms with van der Waals surface area (Å²) < 4.78 is 5.12. The van der Waals surface area contributed by atoms with E-state index >= 15 is 0 Å². The van der Waals surface area contributed by atoms with Gasteiger partial charge in [-0.25, -0.2) is 4.79 Å². The second-order valence-corrected chi connectivity index (χ2v) is 3.41. The highest BCUT2D eigenvalue weighted by Gasteiger charge is 2.06. The van der Waals surface area contributed by atoms with E-state index in [1.165, 1.54) is 19.2 Å². The summed E-state index contributed by atoms with van der Waals surface area (Å²) in [7, 11) is 1.48. The molecule has 0 unspecified atom stereocenters. The molecular formula is C12H13N3O3. The first-order valence-electron chi connectivity index (χ1n) is 5.27. The number of aromatic carboxylic acids is 1. The Labute approximate surface area is 104 Å². The van der Waals surface area contributed by atoms with E-state index in [1.54, 1.807) is 12.1 Å². The minimum Gasteiger partial charge on any atom is -0.496 e. The van der Waals surface area contributed by atoms with E-state index < -0.39 is 5.97 Å². The number of rotatable bonds is 6. The van der Waals surface area contributed by atoms with Gasteiger partial charge < -0.3 is 9.84 Å². The molecule has 0 bridgehead atoms. The van der Waals surface area contributed by atoms with E-state index in [9.17, 15) is 4.79 Å². The predicted octanol–water partition coefficient (Wildman–Crippen LogP) is 3.11. The Bertz CT molecular complexity index is 505. The third-order valence-electron chi connectivity index (χ3n) is 2.24. The third-order valence-corrected chi connectivity index (χ3v) is 2.24. The maximum Gasteiger partial charge on any atom is 0.335 e. The van der Waals surface area contributed by atoms with Crippen molar-refractivity contribution in [1.29, 1.82) is 0 Å². The summed E-state index contributed by atoms with van der Waals surface area (Å²) in [6.07, 6.45) is 4.26. The molecule has 0 radical (unpaired) electrons. The monoisotopic (exact) mass is 247 g/mol. The molecule has 0 saturated carbocycles. The highest BCUT2D eigenvalue weighted by molar-refractivity contribution is 5.88. The molecule has 0 saturated heterocycles. The molecule has 0 spiro atoms. The number of hydrogen-bond acceptors (Lipinski definition) is 3. The number of ether oxygens (including phenoxy) is 1. The number of nitrogens with zero attached hydrogens (tertiary/aromatic N) is 3. The Morgan fingerprint density at radius 3 is 3.00 bits per heavy atom. The van der Waals surface area contributed by atoms with Crippen LogP contribution in [0.1, 0.15) is 22.3 Å². The van der Waals surface area contributed by atoms with Crippen molar-refractivity contribution in [2.75, 3.05) is 13.7 Å². The zero-order valence-electron chi connectivity index (χ0n) is 9.91. The van der Waals surface area contributed by atoms with Crippen LogP contribution in [0, 0.1) is 0 Å². The van der Waals surface area contributed by atoms with Crippen molar-refractivity contribution in [2.45, 2.75) is 6.42 Å². The van der Waals surface area contributed by atoms with Gasteiger partial charge in [0.15, 0.2) is 0 Å². The summed E-state index contributed by atoms with van der Waals surface area (Å²) in [5, 5.41) is 12.3. The van der Waals surface area contributed by atoms with Gasteiger partial charge in [-0.05, 0) is 24.1 Å². The summed E-state index contributed by atoms with van der Waals surface area (Å²) >= 11 is 0. The van der Waals surface area contributed by atoms with Crippen LogP contribution in [0.15, 0.2) is 29.4 Å². The first-order chi connectivity index (χ1) is 8.69. The minimum atomic E-state index is -0.993. The minimum absolute atomic E-state index is 0.179. The molecule has 94 valence electrons. The van der Waals surface area contributed by atoms with Crippen molar-refractivity contribution >= 4 is 12.0 Å². The standard InChI is InChI=1S/C12H13N3O3/c1-18-11-8-10(12(16)17)6-5-9(11)4-2-3-7-14-15-13/h2,4-6,8H,3,7H2,1H3,(H,16,17). The molecule has 1 aromatic rings. The van der Waals surface area contributed by atoms with Gasteiger partial charge in [0.25, 0.3) is 0 Å². The SMILES string of the molecule is COc1cc(C(=O)O)ccc1C=CCCN=[N+]=[N-]. The van der Waals surface area contributed by atoms with E-state index in [1.807, 2.05) is 6.08 Å². The summed E-state index contributed by atoms with van der Waals surface area (Å²) in [5.41, 5.74) is 9.07. The highest BCUT2D eigenvalue weighted by atomic mass is 16.5. The van der Waals surface area contributed by atoms with Crippen molar-refractivity contribution in [3.63, 3.8) is 0 Å². The van der Waals surface area contributed by atoms with Crippen LogP contribution < -0.4 is 4.74 Å². The van der Waals surface area contributed by atoms with Crippen molar-refractivity contribution in [3.05, 3.63) is 45.8 Å². The van der Waals surface area contributed by atoms with Crippen LogP contribution in [0.4, 0.5) is 0 Å². The fraction of sp³-hybridized carbons (Fsp3) is 0.250. The van der Waals surface area contributed by atoms with Crippen LogP contribution in [-0.2, 0) is 0 Å². The maximum absolute atomic E-state index is 10.8. The lowest BCUT2D eigenvalue weighted by atomic mass is 10.1. The lowest BCUT2D eigenvalue weighted by molar-refractivity contribution is 0.0696. The maximum atomic E-state index is 10.8. The molecular weight excluding hydrogens is 234 g/mol. The summed E-state index contributed by atoms with van der Waals surface area (Å²) in [6, 6.07) is 4.65. The lowest BCUT2D eigenvalue weighted by Gasteiger charge is -2.05. The Balaban J connectivity index is 2.82. The van der Waals surface area contributed by atoms with Crippen molar-refractivity contribution < 1.29 is 14.6 Å². The quantitative estimate of drug-likeness (QED) is 0.362. The summed E-state index contributed by atoms with van der Waals surface area (Å²) in [6.45, 7) is 0.391. The molecule has 0 aliphatic carbocycles. The molecule has 0 amide bonds. The van der Waals surface area contributed by atoms with Crippen LogP contribution >= 0.6 is 0 Å². The molecule has 1 rings (SSSR count). The van der Waals surface area contributed by atoms with Crippen LogP contribution in [0.3, 0.4) is 0 Å². The number of carboxylic acids is 1. The van der Waals surface area contributed by atoms with Crippen LogP contribution in [-0.4, -0.2) is 24.7 Å². The fourth-order valence-electron chi connectivity index (χ4n) is 1.37. The van der Waals surface area contributed by atoms with Crippen LogP contribution in [0.25, 0.3) is 16.5 Å². The Kier molecular flexibility index (Phi) is 5.28. The van der Waals surface area contributed by atoms with Gasteiger partial charge in [0, 0.05) is 17.0 Å². The van der Waals surface area contributed by atoms with Gasteiger partial charge in [0.2, 0.25) is 0 Å². The summed E-state index contributed by atoms with van der Waals surface area (Å²) in [4.78, 5) is 13.4. The molecule has 6 heteroatoms. The van der Waals surface area contributed by atoms with Crippen LogP contribution in [0.2, 0.25) is 0 Å². The lowest BCUT2D eigenvalue weighted by Crippen LogP contribution is -1.97. The van der Waals surface area contributed by atoms with E-state index in [-0.39, 0.29) is 5.56 Å². The molecule has 0 aliphatic rings. The van der Waals surface area contributed by atoms with Gasteiger partial charge in [-0.15, -0.1) is 0 Å². The van der Waals surface area contributed by atoms with Gasteiger partial charge in [0.05, 0.1) is 12.7 Å².